The summed E-state index contributed by atoms with van der Waals surface area (Å²) in [5.74, 6) is 0. The van der Waals surface area contributed by atoms with Crippen LogP contribution in [0.4, 0.5) is 0 Å². The number of fused-ring (bicyclic) bond motifs is 1. The van der Waals surface area contributed by atoms with Crippen LogP contribution in [0.5, 0.6) is 0 Å². The SMILES string of the molecule is CC(Cc1cnc2ccccn12)[N+](=O)[O-]. The summed E-state index contributed by atoms with van der Waals surface area (Å²) in [6.07, 6.45) is 3.96. The molecule has 78 valence electrons. The van der Waals surface area contributed by atoms with E-state index in [4.69, 9.17) is 0 Å². The van der Waals surface area contributed by atoms with E-state index in [0.29, 0.717) is 6.42 Å². The molecule has 0 radical (unpaired) electrons. The molecular weight excluding hydrogens is 194 g/mol. The molecule has 0 fully saturated rings. The monoisotopic (exact) mass is 205 g/mol. The van der Waals surface area contributed by atoms with Crippen LogP contribution in [-0.4, -0.2) is 20.3 Å². The number of rotatable bonds is 3. The highest BCUT2D eigenvalue weighted by Gasteiger charge is 2.15. The maximum atomic E-state index is 10.5. The van der Waals surface area contributed by atoms with Crippen molar-refractivity contribution in [3.63, 3.8) is 0 Å². The summed E-state index contributed by atoms with van der Waals surface area (Å²) in [5, 5.41) is 10.5. The summed E-state index contributed by atoms with van der Waals surface area (Å²) < 4.78 is 1.88. The van der Waals surface area contributed by atoms with Gasteiger partial charge >= 0.3 is 0 Å². The zero-order chi connectivity index (χ0) is 10.8. The lowest BCUT2D eigenvalue weighted by Gasteiger charge is -2.03. The number of hydrogen-bond acceptors (Lipinski definition) is 3. The molecular formula is C10H11N3O2. The van der Waals surface area contributed by atoms with E-state index in [1.807, 2.05) is 28.8 Å². The summed E-state index contributed by atoms with van der Waals surface area (Å²) in [4.78, 5) is 14.4. The average Bonchev–Trinajstić information content (AvgIpc) is 2.62. The van der Waals surface area contributed by atoms with Crippen molar-refractivity contribution < 1.29 is 4.92 Å². The van der Waals surface area contributed by atoms with Crippen LogP contribution >= 0.6 is 0 Å². The molecule has 2 heterocycles. The Bertz CT molecular complexity index is 492. The lowest BCUT2D eigenvalue weighted by molar-refractivity contribution is -0.517. The number of aromatic nitrogens is 2. The number of nitro groups is 1. The van der Waals surface area contributed by atoms with Gasteiger partial charge in [-0.05, 0) is 12.1 Å². The van der Waals surface area contributed by atoms with Crippen LogP contribution in [0.1, 0.15) is 12.6 Å². The predicted molar refractivity (Wildman–Crippen MR) is 55.4 cm³/mol. The van der Waals surface area contributed by atoms with Crippen molar-refractivity contribution in [2.45, 2.75) is 19.4 Å². The Morgan fingerprint density at radius 3 is 3.13 bits per heavy atom. The van der Waals surface area contributed by atoms with Gasteiger partial charge in [0.15, 0.2) is 0 Å². The normalized spacial score (nSPS) is 12.9. The van der Waals surface area contributed by atoms with Gasteiger partial charge in [0.25, 0.3) is 0 Å². The third kappa shape index (κ3) is 1.81. The van der Waals surface area contributed by atoms with Crippen LogP contribution in [0.25, 0.3) is 5.65 Å². The Morgan fingerprint density at radius 2 is 2.40 bits per heavy atom. The lowest BCUT2D eigenvalue weighted by Crippen LogP contribution is -2.18. The first-order valence-corrected chi connectivity index (χ1v) is 4.73. The molecule has 1 atom stereocenters. The molecule has 0 spiro atoms. The maximum absolute atomic E-state index is 10.5. The first-order valence-electron chi connectivity index (χ1n) is 4.73. The molecule has 2 aromatic heterocycles. The van der Waals surface area contributed by atoms with Crippen molar-refractivity contribution in [1.82, 2.24) is 9.38 Å². The summed E-state index contributed by atoms with van der Waals surface area (Å²) in [6, 6.07) is 5.07. The van der Waals surface area contributed by atoms with Gasteiger partial charge in [-0.2, -0.15) is 0 Å². The third-order valence-corrected chi connectivity index (χ3v) is 2.36. The molecule has 0 aliphatic rings. The molecule has 2 rings (SSSR count). The molecule has 0 saturated heterocycles. The molecule has 0 aromatic carbocycles. The Hall–Kier alpha value is -1.91. The second-order valence-electron chi connectivity index (χ2n) is 3.52. The van der Waals surface area contributed by atoms with E-state index in [9.17, 15) is 10.1 Å². The van der Waals surface area contributed by atoms with Gasteiger partial charge in [-0.1, -0.05) is 6.07 Å². The van der Waals surface area contributed by atoms with E-state index in [0.717, 1.165) is 11.3 Å². The standard InChI is InChI=1S/C10H11N3O2/c1-8(13(14)15)6-9-7-11-10-4-2-3-5-12(9)10/h2-5,7-8H,6H2,1H3. The molecule has 0 aliphatic carbocycles. The first-order chi connectivity index (χ1) is 7.18. The fourth-order valence-electron chi connectivity index (χ4n) is 1.51. The summed E-state index contributed by atoms with van der Waals surface area (Å²) in [5.41, 5.74) is 1.69. The quantitative estimate of drug-likeness (QED) is 0.564. The molecule has 15 heavy (non-hydrogen) atoms. The van der Waals surface area contributed by atoms with Crippen molar-refractivity contribution in [3.05, 3.63) is 46.4 Å². The second-order valence-corrected chi connectivity index (χ2v) is 3.52. The van der Waals surface area contributed by atoms with Crippen molar-refractivity contribution in [2.75, 3.05) is 0 Å². The minimum atomic E-state index is -0.579. The third-order valence-electron chi connectivity index (χ3n) is 2.36. The highest BCUT2D eigenvalue weighted by Crippen LogP contribution is 2.09. The lowest BCUT2D eigenvalue weighted by atomic mass is 10.2. The summed E-state index contributed by atoms with van der Waals surface area (Å²) >= 11 is 0. The molecule has 5 heteroatoms. The van der Waals surface area contributed by atoms with Crippen molar-refractivity contribution in [1.29, 1.82) is 0 Å². The van der Waals surface area contributed by atoms with Crippen LogP contribution in [0.15, 0.2) is 30.6 Å². The minimum absolute atomic E-state index is 0.275. The number of nitrogens with zero attached hydrogens (tertiary/aromatic N) is 3. The Kier molecular flexibility index (Phi) is 2.37. The van der Waals surface area contributed by atoms with Gasteiger partial charge < -0.3 is 4.40 Å². The van der Waals surface area contributed by atoms with Crippen LogP contribution in [0, 0.1) is 10.1 Å². The topological polar surface area (TPSA) is 60.4 Å². The Morgan fingerprint density at radius 1 is 1.60 bits per heavy atom. The van der Waals surface area contributed by atoms with Crippen molar-refractivity contribution in [3.8, 4) is 0 Å². The zero-order valence-corrected chi connectivity index (χ0v) is 8.33. The van der Waals surface area contributed by atoms with E-state index in [2.05, 4.69) is 4.98 Å². The molecule has 0 N–H and O–H groups in total. The van der Waals surface area contributed by atoms with Crippen LogP contribution in [-0.2, 0) is 6.42 Å². The van der Waals surface area contributed by atoms with E-state index in [-0.39, 0.29) is 4.92 Å². The molecule has 0 saturated carbocycles. The second kappa shape index (κ2) is 3.68. The van der Waals surface area contributed by atoms with Crippen molar-refractivity contribution >= 4 is 5.65 Å². The van der Waals surface area contributed by atoms with E-state index in [1.165, 1.54) is 0 Å². The van der Waals surface area contributed by atoms with Gasteiger partial charge in [0.1, 0.15) is 5.65 Å². The van der Waals surface area contributed by atoms with Gasteiger partial charge in [-0.3, -0.25) is 10.1 Å². The highest BCUT2D eigenvalue weighted by atomic mass is 16.6. The fraction of sp³-hybridized carbons (Fsp3) is 0.300. The number of imidazole rings is 1. The molecule has 5 nitrogen and oxygen atoms in total. The van der Waals surface area contributed by atoms with Gasteiger partial charge in [0.2, 0.25) is 6.04 Å². The predicted octanol–water partition coefficient (Wildman–Crippen LogP) is 1.54. The number of pyridine rings is 1. The van der Waals surface area contributed by atoms with Gasteiger partial charge in [-0.25, -0.2) is 4.98 Å². The highest BCUT2D eigenvalue weighted by molar-refractivity contribution is 5.39. The van der Waals surface area contributed by atoms with E-state index in [1.54, 1.807) is 13.1 Å². The average molecular weight is 205 g/mol. The summed E-state index contributed by atoms with van der Waals surface area (Å²) in [7, 11) is 0. The maximum Gasteiger partial charge on any atom is 0.215 e. The minimum Gasteiger partial charge on any atom is -0.304 e. The van der Waals surface area contributed by atoms with Crippen LogP contribution in [0.2, 0.25) is 0 Å². The zero-order valence-electron chi connectivity index (χ0n) is 8.33. The largest absolute Gasteiger partial charge is 0.304 e. The van der Waals surface area contributed by atoms with E-state index >= 15 is 0 Å². The Balaban J connectivity index is 2.32. The van der Waals surface area contributed by atoms with E-state index < -0.39 is 6.04 Å². The smallest absolute Gasteiger partial charge is 0.215 e. The van der Waals surface area contributed by atoms with Crippen LogP contribution < -0.4 is 0 Å². The molecule has 0 amide bonds. The number of hydrogen-bond donors (Lipinski definition) is 0. The van der Waals surface area contributed by atoms with Gasteiger partial charge in [0.05, 0.1) is 6.42 Å². The molecule has 2 aromatic rings. The molecule has 1 unspecified atom stereocenters. The fourth-order valence-corrected chi connectivity index (χ4v) is 1.51. The van der Waals surface area contributed by atoms with Gasteiger partial charge in [0, 0.05) is 29.9 Å². The van der Waals surface area contributed by atoms with Crippen LogP contribution in [0.3, 0.4) is 0 Å². The Labute approximate surface area is 86.5 Å². The molecule has 0 bridgehead atoms. The first kappa shape index (κ1) is 9.64. The summed E-state index contributed by atoms with van der Waals surface area (Å²) in [6.45, 7) is 1.60. The van der Waals surface area contributed by atoms with Gasteiger partial charge in [-0.15, -0.1) is 0 Å². The van der Waals surface area contributed by atoms with Crippen molar-refractivity contribution in [2.24, 2.45) is 0 Å². The molecule has 0 aliphatic heterocycles.